The van der Waals surface area contributed by atoms with Crippen LogP contribution in [0.4, 0.5) is 0 Å². The Morgan fingerprint density at radius 3 is 2.87 bits per heavy atom. The Hall–Kier alpha value is -1.62. The highest BCUT2D eigenvalue weighted by atomic mass is 16.5. The van der Waals surface area contributed by atoms with Crippen molar-refractivity contribution in [3.63, 3.8) is 0 Å². The maximum Gasteiger partial charge on any atom is 0.150 e. The maximum absolute atomic E-state index is 5.07. The van der Waals surface area contributed by atoms with Gasteiger partial charge in [-0.2, -0.15) is 0 Å². The highest BCUT2D eigenvalue weighted by Crippen LogP contribution is 2.02. The van der Waals surface area contributed by atoms with E-state index in [2.05, 4.69) is 20.4 Å². The summed E-state index contributed by atoms with van der Waals surface area (Å²) in [5, 5.41) is 7.05. The molecule has 0 unspecified atom stereocenters. The standard InChI is InChI=1S/C10H14N4O/c1-7-3-10(15-14-7)6-11-4-9-5-12-8(2)13-9/h3,5,11H,4,6H2,1-2H3,(H,12,13). The van der Waals surface area contributed by atoms with Crippen LogP contribution in [0.25, 0.3) is 0 Å². The molecular formula is C10H14N4O. The zero-order chi connectivity index (χ0) is 10.7. The van der Waals surface area contributed by atoms with Gasteiger partial charge >= 0.3 is 0 Å². The predicted octanol–water partition coefficient (Wildman–Crippen LogP) is 1.30. The van der Waals surface area contributed by atoms with E-state index in [-0.39, 0.29) is 0 Å². The average Bonchev–Trinajstić information content (AvgIpc) is 2.76. The molecule has 2 heterocycles. The monoisotopic (exact) mass is 206 g/mol. The summed E-state index contributed by atoms with van der Waals surface area (Å²) in [5.74, 6) is 1.78. The number of aromatic amines is 1. The summed E-state index contributed by atoms with van der Waals surface area (Å²) in [4.78, 5) is 7.26. The van der Waals surface area contributed by atoms with Crippen molar-refractivity contribution >= 4 is 0 Å². The fourth-order valence-corrected chi connectivity index (χ4v) is 1.38. The molecule has 2 rings (SSSR count). The summed E-state index contributed by atoms with van der Waals surface area (Å²) in [7, 11) is 0. The van der Waals surface area contributed by atoms with Crippen LogP contribution in [0.5, 0.6) is 0 Å². The van der Waals surface area contributed by atoms with E-state index in [0.29, 0.717) is 6.54 Å². The molecule has 0 atom stereocenters. The van der Waals surface area contributed by atoms with Crippen LogP contribution in [0.2, 0.25) is 0 Å². The fourth-order valence-electron chi connectivity index (χ4n) is 1.38. The Morgan fingerprint density at radius 2 is 2.27 bits per heavy atom. The number of H-pyrrole nitrogens is 1. The van der Waals surface area contributed by atoms with E-state index in [0.717, 1.165) is 29.5 Å². The summed E-state index contributed by atoms with van der Waals surface area (Å²) in [6, 6.07) is 1.92. The van der Waals surface area contributed by atoms with Gasteiger partial charge in [-0.1, -0.05) is 5.16 Å². The van der Waals surface area contributed by atoms with E-state index >= 15 is 0 Å². The second-order valence-electron chi connectivity index (χ2n) is 3.53. The molecule has 0 aliphatic rings. The van der Waals surface area contributed by atoms with Crippen LogP contribution >= 0.6 is 0 Å². The Kier molecular flexibility index (Phi) is 2.82. The lowest BCUT2D eigenvalue weighted by atomic mass is 10.4. The Bertz CT molecular complexity index is 392. The first-order valence-electron chi connectivity index (χ1n) is 4.87. The van der Waals surface area contributed by atoms with Gasteiger partial charge < -0.3 is 14.8 Å². The first-order valence-corrected chi connectivity index (χ1v) is 4.87. The van der Waals surface area contributed by atoms with Gasteiger partial charge in [0.15, 0.2) is 5.76 Å². The molecule has 5 nitrogen and oxygen atoms in total. The summed E-state index contributed by atoms with van der Waals surface area (Å²) >= 11 is 0. The molecule has 0 saturated heterocycles. The third-order valence-corrected chi connectivity index (χ3v) is 2.05. The molecule has 0 amide bonds. The Morgan fingerprint density at radius 1 is 1.40 bits per heavy atom. The van der Waals surface area contributed by atoms with E-state index in [4.69, 9.17) is 4.52 Å². The van der Waals surface area contributed by atoms with Crippen LogP contribution in [-0.2, 0) is 13.1 Å². The van der Waals surface area contributed by atoms with Crippen molar-refractivity contribution in [2.75, 3.05) is 0 Å². The van der Waals surface area contributed by atoms with Gasteiger partial charge in [0.25, 0.3) is 0 Å². The molecule has 5 heteroatoms. The molecule has 2 aromatic heterocycles. The lowest BCUT2D eigenvalue weighted by Gasteiger charge is -1.98. The maximum atomic E-state index is 5.07. The number of nitrogens with one attached hydrogen (secondary N) is 2. The molecule has 15 heavy (non-hydrogen) atoms. The largest absolute Gasteiger partial charge is 0.360 e. The Labute approximate surface area is 87.9 Å². The van der Waals surface area contributed by atoms with E-state index in [1.807, 2.05) is 26.1 Å². The number of aromatic nitrogens is 3. The third kappa shape index (κ3) is 2.66. The summed E-state index contributed by atoms with van der Waals surface area (Å²) in [5.41, 5.74) is 1.98. The number of rotatable bonds is 4. The SMILES string of the molecule is Cc1cc(CNCc2cnc(C)[nH]2)on1. The highest BCUT2D eigenvalue weighted by molar-refractivity contribution is 5.03. The van der Waals surface area contributed by atoms with Crippen LogP contribution < -0.4 is 5.32 Å². The third-order valence-electron chi connectivity index (χ3n) is 2.05. The molecule has 0 radical (unpaired) electrons. The molecule has 2 N–H and O–H groups in total. The molecule has 0 aromatic carbocycles. The van der Waals surface area contributed by atoms with Crippen LogP contribution in [0, 0.1) is 13.8 Å². The quantitative estimate of drug-likeness (QED) is 0.791. The van der Waals surface area contributed by atoms with Gasteiger partial charge in [-0.25, -0.2) is 4.98 Å². The van der Waals surface area contributed by atoms with Crippen molar-refractivity contribution in [2.45, 2.75) is 26.9 Å². The second kappa shape index (κ2) is 4.27. The van der Waals surface area contributed by atoms with Crippen LogP contribution in [0.15, 0.2) is 16.8 Å². The minimum absolute atomic E-state index is 0.679. The zero-order valence-electron chi connectivity index (χ0n) is 8.87. The van der Waals surface area contributed by atoms with Crippen molar-refractivity contribution in [3.05, 3.63) is 35.2 Å². The van der Waals surface area contributed by atoms with Gasteiger partial charge in [0.1, 0.15) is 5.82 Å². The van der Waals surface area contributed by atoms with E-state index in [1.54, 1.807) is 0 Å². The normalized spacial score (nSPS) is 10.8. The zero-order valence-corrected chi connectivity index (χ0v) is 8.87. The number of nitrogens with zero attached hydrogens (tertiary/aromatic N) is 2. The van der Waals surface area contributed by atoms with Crippen molar-refractivity contribution < 1.29 is 4.52 Å². The molecule has 80 valence electrons. The first-order chi connectivity index (χ1) is 7.24. The van der Waals surface area contributed by atoms with E-state index in [9.17, 15) is 0 Å². The van der Waals surface area contributed by atoms with Crippen LogP contribution in [-0.4, -0.2) is 15.1 Å². The molecular weight excluding hydrogens is 192 g/mol. The fraction of sp³-hybridized carbons (Fsp3) is 0.400. The van der Waals surface area contributed by atoms with Gasteiger partial charge in [0, 0.05) is 24.5 Å². The van der Waals surface area contributed by atoms with Crippen LogP contribution in [0.1, 0.15) is 23.0 Å². The topological polar surface area (TPSA) is 66.7 Å². The minimum Gasteiger partial charge on any atom is -0.360 e. The van der Waals surface area contributed by atoms with Crippen molar-refractivity contribution in [2.24, 2.45) is 0 Å². The summed E-state index contributed by atoms with van der Waals surface area (Å²) in [6.45, 7) is 5.27. The summed E-state index contributed by atoms with van der Waals surface area (Å²) in [6.07, 6.45) is 1.83. The highest BCUT2D eigenvalue weighted by Gasteiger charge is 2.00. The van der Waals surface area contributed by atoms with Crippen LogP contribution in [0.3, 0.4) is 0 Å². The van der Waals surface area contributed by atoms with Crippen molar-refractivity contribution in [1.82, 2.24) is 20.4 Å². The predicted molar refractivity (Wildman–Crippen MR) is 55.1 cm³/mol. The lowest BCUT2D eigenvalue weighted by molar-refractivity contribution is 0.369. The molecule has 0 aliphatic heterocycles. The Balaban J connectivity index is 1.80. The molecule has 0 saturated carbocycles. The molecule has 0 bridgehead atoms. The second-order valence-corrected chi connectivity index (χ2v) is 3.53. The van der Waals surface area contributed by atoms with Crippen molar-refractivity contribution in [1.29, 1.82) is 0 Å². The van der Waals surface area contributed by atoms with E-state index < -0.39 is 0 Å². The lowest BCUT2D eigenvalue weighted by Crippen LogP contribution is -2.12. The minimum atomic E-state index is 0.679. The van der Waals surface area contributed by atoms with E-state index in [1.165, 1.54) is 0 Å². The molecule has 0 fully saturated rings. The number of aryl methyl sites for hydroxylation is 2. The molecule has 2 aromatic rings. The average molecular weight is 206 g/mol. The molecule has 0 spiro atoms. The number of hydrogen-bond acceptors (Lipinski definition) is 4. The first kappa shape index (κ1) is 9.92. The van der Waals surface area contributed by atoms with Gasteiger partial charge in [-0.05, 0) is 13.8 Å². The van der Waals surface area contributed by atoms with Gasteiger partial charge in [-0.15, -0.1) is 0 Å². The number of hydrogen-bond donors (Lipinski definition) is 2. The van der Waals surface area contributed by atoms with Gasteiger partial charge in [0.05, 0.1) is 12.2 Å². The summed E-state index contributed by atoms with van der Waals surface area (Å²) < 4.78 is 5.07. The van der Waals surface area contributed by atoms with Crippen molar-refractivity contribution in [3.8, 4) is 0 Å². The number of imidazole rings is 1. The molecule has 0 aliphatic carbocycles. The van der Waals surface area contributed by atoms with Gasteiger partial charge in [-0.3, -0.25) is 0 Å². The smallest absolute Gasteiger partial charge is 0.150 e. The van der Waals surface area contributed by atoms with Gasteiger partial charge in [0.2, 0.25) is 0 Å².